The van der Waals surface area contributed by atoms with Crippen molar-refractivity contribution in [3.8, 4) is 0 Å². The Morgan fingerprint density at radius 3 is 1.78 bits per heavy atom. The smallest absolute Gasteiger partial charge is 0.0351 e. The van der Waals surface area contributed by atoms with Crippen molar-refractivity contribution in [3.05, 3.63) is 71.3 Å². The van der Waals surface area contributed by atoms with Crippen LogP contribution in [0.15, 0.2) is 54.6 Å². The minimum absolute atomic E-state index is 0.432. The van der Waals surface area contributed by atoms with Gasteiger partial charge < -0.3 is 4.90 Å². The van der Waals surface area contributed by atoms with E-state index in [1.165, 1.54) is 42.4 Å². The molecule has 0 aliphatic rings. The standard InChI is InChI=1S/C34H57N3/c1-11-16-32(35(7)8)28(6)24-36(9)34(22-27(4)5)31-20-15-17-29(23-31)25-37(10)33(21-26(2)3)30-18-13-12-14-19-30/h12-15,17-20,23,26-28,32-34H,11,16,21-22,24-25H2,1-10H3/t28?,32-,33-,34+/m0/s1. The van der Waals surface area contributed by atoms with Crippen LogP contribution in [-0.4, -0.2) is 55.5 Å². The van der Waals surface area contributed by atoms with Crippen molar-refractivity contribution < 1.29 is 0 Å². The molecular formula is C34H57N3. The van der Waals surface area contributed by atoms with Gasteiger partial charge in [0.1, 0.15) is 0 Å². The second kappa shape index (κ2) is 15.7. The highest BCUT2D eigenvalue weighted by Crippen LogP contribution is 2.31. The van der Waals surface area contributed by atoms with E-state index in [1.54, 1.807) is 0 Å². The van der Waals surface area contributed by atoms with Crippen LogP contribution in [0.4, 0.5) is 0 Å². The zero-order valence-corrected chi connectivity index (χ0v) is 25.7. The zero-order chi connectivity index (χ0) is 27.5. The fraction of sp³-hybridized carbons (Fsp3) is 0.647. The number of benzene rings is 2. The Morgan fingerprint density at radius 2 is 1.24 bits per heavy atom. The van der Waals surface area contributed by atoms with Gasteiger partial charge in [0, 0.05) is 31.2 Å². The van der Waals surface area contributed by atoms with Crippen LogP contribution in [0.2, 0.25) is 0 Å². The van der Waals surface area contributed by atoms with Crippen molar-refractivity contribution in [3.63, 3.8) is 0 Å². The summed E-state index contributed by atoms with van der Waals surface area (Å²) in [6.07, 6.45) is 4.85. The van der Waals surface area contributed by atoms with Crippen LogP contribution in [0.25, 0.3) is 0 Å². The lowest BCUT2D eigenvalue weighted by Gasteiger charge is -2.37. The minimum atomic E-state index is 0.432. The molecule has 1 unspecified atom stereocenters. The van der Waals surface area contributed by atoms with Gasteiger partial charge in [-0.25, -0.2) is 0 Å². The number of hydrogen-bond acceptors (Lipinski definition) is 3. The second-order valence-electron chi connectivity index (χ2n) is 12.6. The Kier molecular flexibility index (Phi) is 13.4. The number of hydrogen-bond donors (Lipinski definition) is 0. The Hall–Kier alpha value is -1.68. The van der Waals surface area contributed by atoms with Crippen LogP contribution >= 0.6 is 0 Å². The maximum absolute atomic E-state index is 2.63. The summed E-state index contributed by atoms with van der Waals surface area (Å²) < 4.78 is 0. The Labute approximate surface area is 230 Å². The number of nitrogens with zero attached hydrogens (tertiary/aromatic N) is 3. The Morgan fingerprint density at radius 1 is 0.676 bits per heavy atom. The summed E-state index contributed by atoms with van der Waals surface area (Å²) >= 11 is 0. The molecule has 3 nitrogen and oxygen atoms in total. The van der Waals surface area contributed by atoms with Gasteiger partial charge in [0.2, 0.25) is 0 Å². The van der Waals surface area contributed by atoms with Gasteiger partial charge in [-0.3, -0.25) is 9.80 Å². The molecule has 0 spiro atoms. The van der Waals surface area contributed by atoms with E-state index in [1.807, 2.05) is 0 Å². The van der Waals surface area contributed by atoms with Crippen molar-refractivity contribution >= 4 is 0 Å². The van der Waals surface area contributed by atoms with E-state index in [0.717, 1.165) is 13.1 Å². The van der Waals surface area contributed by atoms with Gasteiger partial charge in [-0.05, 0) is 81.9 Å². The first kappa shape index (κ1) is 31.5. The van der Waals surface area contributed by atoms with Crippen LogP contribution in [0, 0.1) is 17.8 Å². The van der Waals surface area contributed by atoms with Crippen molar-refractivity contribution in [2.75, 3.05) is 34.7 Å². The van der Waals surface area contributed by atoms with Crippen molar-refractivity contribution in [2.45, 2.75) is 91.9 Å². The molecule has 0 heterocycles. The third-order valence-corrected chi connectivity index (χ3v) is 7.89. The molecule has 0 radical (unpaired) electrons. The average molecular weight is 508 g/mol. The van der Waals surface area contributed by atoms with Gasteiger partial charge in [0.25, 0.3) is 0 Å². The third-order valence-electron chi connectivity index (χ3n) is 7.89. The first-order valence-electron chi connectivity index (χ1n) is 14.7. The first-order chi connectivity index (χ1) is 17.5. The van der Waals surface area contributed by atoms with E-state index in [-0.39, 0.29) is 0 Å². The maximum atomic E-state index is 2.63. The van der Waals surface area contributed by atoms with E-state index in [0.29, 0.717) is 35.9 Å². The van der Waals surface area contributed by atoms with E-state index >= 15 is 0 Å². The van der Waals surface area contributed by atoms with Gasteiger partial charge in [0.15, 0.2) is 0 Å². The lowest BCUT2D eigenvalue weighted by molar-refractivity contribution is 0.131. The van der Waals surface area contributed by atoms with Crippen LogP contribution in [-0.2, 0) is 6.54 Å². The van der Waals surface area contributed by atoms with Crippen LogP contribution in [0.1, 0.15) is 96.0 Å². The predicted molar refractivity (Wildman–Crippen MR) is 163 cm³/mol. The molecule has 0 amide bonds. The second-order valence-corrected chi connectivity index (χ2v) is 12.6. The van der Waals surface area contributed by atoms with Crippen LogP contribution < -0.4 is 0 Å². The van der Waals surface area contributed by atoms with Crippen molar-refractivity contribution in [2.24, 2.45) is 17.8 Å². The molecule has 208 valence electrons. The quantitative estimate of drug-likeness (QED) is 0.226. The molecule has 2 aromatic carbocycles. The van der Waals surface area contributed by atoms with Crippen molar-refractivity contribution in [1.82, 2.24) is 14.7 Å². The Bertz CT molecular complexity index is 876. The van der Waals surface area contributed by atoms with Crippen molar-refractivity contribution in [1.29, 1.82) is 0 Å². The molecule has 0 N–H and O–H groups in total. The molecule has 3 heteroatoms. The molecular weight excluding hydrogens is 450 g/mol. The molecule has 2 rings (SSSR count). The molecule has 0 saturated carbocycles. The lowest BCUT2D eigenvalue weighted by atomic mass is 9.91. The predicted octanol–water partition coefficient (Wildman–Crippen LogP) is 8.29. The summed E-state index contributed by atoms with van der Waals surface area (Å²) in [5.41, 5.74) is 4.30. The molecule has 0 aliphatic carbocycles. The summed E-state index contributed by atoms with van der Waals surface area (Å²) in [4.78, 5) is 7.60. The zero-order valence-electron chi connectivity index (χ0n) is 25.7. The molecule has 0 bridgehead atoms. The Balaban J connectivity index is 2.24. The fourth-order valence-electron chi connectivity index (χ4n) is 6.06. The first-order valence-corrected chi connectivity index (χ1v) is 14.7. The van der Waals surface area contributed by atoms with E-state index in [9.17, 15) is 0 Å². The third kappa shape index (κ3) is 10.2. The van der Waals surface area contributed by atoms with E-state index in [2.05, 4.69) is 139 Å². The highest BCUT2D eigenvalue weighted by molar-refractivity contribution is 5.27. The topological polar surface area (TPSA) is 9.72 Å². The average Bonchev–Trinajstić information content (AvgIpc) is 2.84. The minimum Gasteiger partial charge on any atom is -0.306 e. The summed E-state index contributed by atoms with van der Waals surface area (Å²) in [5, 5.41) is 0. The van der Waals surface area contributed by atoms with E-state index < -0.39 is 0 Å². The maximum Gasteiger partial charge on any atom is 0.0351 e. The summed E-state index contributed by atoms with van der Waals surface area (Å²) in [5.74, 6) is 1.94. The molecule has 0 aromatic heterocycles. The van der Waals surface area contributed by atoms with Gasteiger partial charge in [-0.15, -0.1) is 0 Å². The van der Waals surface area contributed by atoms with Crippen LogP contribution in [0.5, 0.6) is 0 Å². The molecule has 2 aromatic rings. The fourth-order valence-corrected chi connectivity index (χ4v) is 6.06. The van der Waals surface area contributed by atoms with Gasteiger partial charge in [-0.1, -0.05) is 103 Å². The van der Waals surface area contributed by atoms with E-state index in [4.69, 9.17) is 0 Å². The molecule has 37 heavy (non-hydrogen) atoms. The number of rotatable bonds is 16. The normalized spacial score (nSPS) is 15.6. The molecule has 0 aliphatic heterocycles. The largest absolute Gasteiger partial charge is 0.306 e. The van der Waals surface area contributed by atoms with Crippen LogP contribution in [0.3, 0.4) is 0 Å². The highest BCUT2D eigenvalue weighted by Gasteiger charge is 2.25. The summed E-state index contributed by atoms with van der Waals surface area (Å²) in [7, 11) is 9.12. The SMILES string of the molecule is CCC[C@@H](C(C)CN(C)[C@H](CC(C)C)c1cccc(CN(C)[C@@H](CC(C)C)c2ccccc2)c1)N(C)C. The van der Waals surface area contributed by atoms with Gasteiger partial charge in [-0.2, -0.15) is 0 Å². The molecule has 0 saturated heterocycles. The van der Waals surface area contributed by atoms with Gasteiger partial charge >= 0.3 is 0 Å². The summed E-state index contributed by atoms with van der Waals surface area (Å²) in [6, 6.07) is 22.0. The molecule has 0 fully saturated rings. The highest BCUT2D eigenvalue weighted by atomic mass is 15.2. The van der Waals surface area contributed by atoms with Gasteiger partial charge in [0.05, 0.1) is 0 Å². The lowest BCUT2D eigenvalue weighted by Crippen LogP contribution is -2.40. The molecule has 4 atom stereocenters. The summed E-state index contributed by atoms with van der Waals surface area (Å²) in [6.45, 7) is 16.2. The monoisotopic (exact) mass is 507 g/mol.